The van der Waals surface area contributed by atoms with Crippen LogP contribution in [0.25, 0.3) is 11.0 Å². The van der Waals surface area contributed by atoms with Crippen LogP contribution < -0.4 is 0 Å². The average molecular weight is 355 g/mol. The third kappa shape index (κ3) is 3.30. The van der Waals surface area contributed by atoms with Crippen molar-refractivity contribution in [2.24, 2.45) is 0 Å². The SMILES string of the molecule is CN1CCC(OC(c2nc3ccccc3[nH]2)c2c(O)cccc2F)CC1. The molecule has 3 aromatic rings. The Morgan fingerprint density at radius 1 is 1.19 bits per heavy atom. The Morgan fingerprint density at radius 3 is 2.69 bits per heavy atom. The molecule has 5 nitrogen and oxygen atoms in total. The van der Waals surface area contributed by atoms with Crippen LogP contribution in [0.1, 0.15) is 30.3 Å². The highest BCUT2D eigenvalue weighted by Gasteiger charge is 2.29. The van der Waals surface area contributed by atoms with E-state index in [4.69, 9.17) is 4.74 Å². The Labute approximate surface area is 151 Å². The predicted molar refractivity (Wildman–Crippen MR) is 97.6 cm³/mol. The number of hydrogen-bond acceptors (Lipinski definition) is 4. The number of ether oxygens (including phenoxy) is 1. The van der Waals surface area contributed by atoms with Gasteiger partial charge in [0.25, 0.3) is 0 Å². The molecule has 2 aromatic carbocycles. The normalized spacial score (nSPS) is 17.6. The van der Waals surface area contributed by atoms with Crippen LogP contribution in [0.5, 0.6) is 5.75 Å². The Hall–Kier alpha value is -2.44. The molecule has 1 atom stereocenters. The molecular formula is C20H22FN3O2. The number of phenols is 1. The Bertz CT molecular complexity index is 850. The number of piperidine rings is 1. The van der Waals surface area contributed by atoms with Gasteiger partial charge in [-0.25, -0.2) is 9.37 Å². The van der Waals surface area contributed by atoms with E-state index in [1.165, 1.54) is 18.2 Å². The number of halogens is 1. The maximum Gasteiger partial charge on any atom is 0.147 e. The lowest BCUT2D eigenvalue weighted by molar-refractivity contribution is -0.0284. The van der Waals surface area contributed by atoms with E-state index >= 15 is 0 Å². The molecule has 1 aliphatic heterocycles. The summed E-state index contributed by atoms with van der Waals surface area (Å²) >= 11 is 0. The molecule has 1 unspecified atom stereocenters. The molecule has 6 heteroatoms. The molecule has 0 amide bonds. The molecule has 1 fully saturated rings. The summed E-state index contributed by atoms with van der Waals surface area (Å²) in [6.07, 6.45) is 0.936. The summed E-state index contributed by atoms with van der Waals surface area (Å²) in [7, 11) is 2.08. The van der Waals surface area contributed by atoms with Gasteiger partial charge in [-0.15, -0.1) is 0 Å². The second-order valence-electron chi connectivity index (χ2n) is 6.83. The lowest BCUT2D eigenvalue weighted by Gasteiger charge is -2.31. The zero-order chi connectivity index (χ0) is 18.1. The smallest absolute Gasteiger partial charge is 0.147 e. The fourth-order valence-corrected chi connectivity index (χ4v) is 3.46. The van der Waals surface area contributed by atoms with E-state index in [1.807, 2.05) is 24.3 Å². The molecular weight excluding hydrogens is 333 g/mol. The van der Waals surface area contributed by atoms with Crippen LogP contribution in [-0.2, 0) is 4.74 Å². The number of phenolic OH excluding ortho intramolecular Hbond substituents is 1. The van der Waals surface area contributed by atoms with Gasteiger partial charge in [0.15, 0.2) is 0 Å². The van der Waals surface area contributed by atoms with E-state index < -0.39 is 11.9 Å². The number of likely N-dealkylation sites (tertiary alicyclic amines) is 1. The average Bonchev–Trinajstić information content (AvgIpc) is 3.06. The first kappa shape index (κ1) is 17.0. The molecule has 26 heavy (non-hydrogen) atoms. The number of nitrogens with zero attached hydrogens (tertiary/aromatic N) is 2. The maximum absolute atomic E-state index is 14.6. The first-order valence-electron chi connectivity index (χ1n) is 8.88. The summed E-state index contributed by atoms with van der Waals surface area (Å²) in [5.41, 5.74) is 1.77. The van der Waals surface area contributed by atoms with Gasteiger partial charge < -0.3 is 19.7 Å². The molecule has 0 bridgehead atoms. The summed E-state index contributed by atoms with van der Waals surface area (Å²) in [6, 6.07) is 11.9. The van der Waals surface area contributed by atoms with Gasteiger partial charge in [0.2, 0.25) is 0 Å². The van der Waals surface area contributed by atoms with Crippen molar-refractivity contribution >= 4 is 11.0 Å². The van der Waals surface area contributed by atoms with E-state index in [0.717, 1.165) is 37.0 Å². The van der Waals surface area contributed by atoms with Gasteiger partial charge in [0, 0.05) is 13.1 Å². The number of para-hydroxylation sites is 2. The molecule has 1 saturated heterocycles. The number of fused-ring (bicyclic) bond motifs is 1. The van der Waals surface area contributed by atoms with E-state index in [-0.39, 0.29) is 17.4 Å². The van der Waals surface area contributed by atoms with Crippen molar-refractivity contribution in [2.75, 3.05) is 20.1 Å². The van der Waals surface area contributed by atoms with Gasteiger partial charge >= 0.3 is 0 Å². The number of aromatic amines is 1. The third-order valence-electron chi connectivity index (χ3n) is 4.94. The van der Waals surface area contributed by atoms with Crippen LogP contribution in [0, 0.1) is 5.82 Å². The molecule has 0 spiro atoms. The lowest BCUT2D eigenvalue weighted by atomic mass is 10.0. The van der Waals surface area contributed by atoms with Crippen molar-refractivity contribution < 1.29 is 14.2 Å². The van der Waals surface area contributed by atoms with Gasteiger partial charge in [-0.2, -0.15) is 0 Å². The number of hydrogen-bond donors (Lipinski definition) is 2. The van der Waals surface area contributed by atoms with Crippen molar-refractivity contribution in [3.63, 3.8) is 0 Å². The fourth-order valence-electron chi connectivity index (χ4n) is 3.46. The highest BCUT2D eigenvalue weighted by atomic mass is 19.1. The first-order valence-corrected chi connectivity index (χ1v) is 8.88. The molecule has 2 heterocycles. The van der Waals surface area contributed by atoms with Gasteiger partial charge in [0.05, 0.1) is 22.7 Å². The van der Waals surface area contributed by atoms with Crippen LogP contribution in [0.4, 0.5) is 4.39 Å². The minimum Gasteiger partial charge on any atom is -0.507 e. The van der Waals surface area contributed by atoms with Gasteiger partial charge in [-0.05, 0) is 44.2 Å². The number of benzene rings is 2. The van der Waals surface area contributed by atoms with E-state index in [0.29, 0.717) is 5.82 Å². The minimum absolute atomic E-state index is 0.0107. The summed E-state index contributed by atoms with van der Waals surface area (Å²) in [5.74, 6) is -0.114. The molecule has 1 aromatic heterocycles. The third-order valence-corrected chi connectivity index (χ3v) is 4.94. The number of rotatable bonds is 4. The molecule has 4 rings (SSSR count). The first-order chi connectivity index (χ1) is 12.6. The number of nitrogens with one attached hydrogen (secondary N) is 1. The molecule has 0 saturated carbocycles. The molecule has 2 N–H and O–H groups in total. The minimum atomic E-state index is -0.781. The van der Waals surface area contributed by atoms with Crippen LogP contribution in [0.15, 0.2) is 42.5 Å². The lowest BCUT2D eigenvalue weighted by Crippen LogP contribution is -2.35. The largest absolute Gasteiger partial charge is 0.507 e. The Balaban J connectivity index is 1.73. The highest BCUT2D eigenvalue weighted by molar-refractivity contribution is 5.75. The topological polar surface area (TPSA) is 61.4 Å². The number of H-pyrrole nitrogens is 1. The zero-order valence-electron chi connectivity index (χ0n) is 14.7. The highest BCUT2D eigenvalue weighted by Crippen LogP contribution is 2.36. The van der Waals surface area contributed by atoms with E-state index in [1.54, 1.807) is 0 Å². The summed E-state index contributed by atoms with van der Waals surface area (Å²) < 4.78 is 20.9. The van der Waals surface area contributed by atoms with Crippen molar-refractivity contribution in [1.29, 1.82) is 0 Å². The van der Waals surface area contributed by atoms with Gasteiger partial charge in [0.1, 0.15) is 23.5 Å². The second kappa shape index (κ2) is 7.05. The standard InChI is InChI=1S/C20H22FN3O2/c1-24-11-9-13(10-12-24)26-19(18-14(21)5-4-8-17(18)25)20-22-15-6-2-3-7-16(15)23-20/h2-8,13,19,25H,9-12H2,1H3,(H,22,23). The Kier molecular flexibility index (Phi) is 4.61. The van der Waals surface area contributed by atoms with Crippen LogP contribution in [0.2, 0.25) is 0 Å². The molecule has 136 valence electrons. The molecule has 0 aliphatic carbocycles. The van der Waals surface area contributed by atoms with Crippen molar-refractivity contribution in [2.45, 2.75) is 25.0 Å². The quantitative estimate of drug-likeness (QED) is 0.751. The van der Waals surface area contributed by atoms with E-state index in [2.05, 4.69) is 21.9 Å². The molecule has 1 aliphatic rings. The number of aromatic nitrogens is 2. The summed E-state index contributed by atoms with van der Waals surface area (Å²) in [5, 5.41) is 10.3. The maximum atomic E-state index is 14.6. The van der Waals surface area contributed by atoms with Crippen LogP contribution >= 0.6 is 0 Å². The van der Waals surface area contributed by atoms with Crippen LogP contribution in [0.3, 0.4) is 0 Å². The monoisotopic (exact) mass is 355 g/mol. The predicted octanol–water partition coefficient (Wildman–Crippen LogP) is 3.61. The zero-order valence-corrected chi connectivity index (χ0v) is 14.7. The molecule has 0 radical (unpaired) electrons. The fraction of sp³-hybridized carbons (Fsp3) is 0.350. The number of aromatic hydroxyl groups is 1. The summed E-state index contributed by atoms with van der Waals surface area (Å²) in [6.45, 7) is 1.86. The number of imidazole rings is 1. The summed E-state index contributed by atoms with van der Waals surface area (Å²) in [4.78, 5) is 10.1. The van der Waals surface area contributed by atoms with Crippen molar-refractivity contribution in [1.82, 2.24) is 14.9 Å². The van der Waals surface area contributed by atoms with Crippen molar-refractivity contribution in [3.05, 3.63) is 59.7 Å². The van der Waals surface area contributed by atoms with Crippen molar-refractivity contribution in [3.8, 4) is 5.75 Å². The van der Waals surface area contributed by atoms with Gasteiger partial charge in [-0.3, -0.25) is 0 Å². The Morgan fingerprint density at radius 2 is 1.96 bits per heavy atom. The van der Waals surface area contributed by atoms with E-state index in [9.17, 15) is 9.50 Å². The second-order valence-corrected chi connectivity index (χ2v) is 6.83. The van der Waals surface area contributed by atoms with Crippen LogP contribution in [-0.4, -0.2) is 46.2 Å². The van der Waals surface area contributed by atoms with Gasteiger partial charge in [-0.1, -0.05) is 18.2 Å².